The molecule has 0 nitrogen and oxygen atoms in total. The molecule has 0 spiro atoms. The van der Waals surface area contributed by atoms with Crippen LogP contribution in [-0.4, -0.2) is 7.38 Å². The summed E-state index contributed by atoms with van der Waals surface area (Å²) >= 11 is 6.47. The fraction of sp³-hybridized carbons (Fsp3) is 1.00. The van der Waals surface area contributed by atoms with E-state index in [2.05, 4.69) is 13.1 Å². The summed E-state index contributed by atoms with van der Waals surface area (Å²) in [5.41, 5.74) is 0.947. The monoisotopic (exact) mass is 188 g/mol. The second-order valence-corrected chi connectivity index (χ2v) is 11.6. The second-order valence-electron chi connectivity index (χ2n) is 4.85. The first-order chi connectivity index (χ1) is 5.07. The number of fused-ring (bicyclic) bond motifs is 2. The minimum Gasteiger partial charge on any atom is -0.167 e. The predicted octanol–water partition coefficient (Wildman–Crippen LogP) is 3.62. The van der Waals surface area contributed by atoms with Crippen LogP contribution in [0.5, 0.6) is 0 Å². The van der Waals surface area contributed by atoms with Gasteiger partial charge in [0, 0.05) is 0 Å². The smallest absolute Gasteiger partial charge is 0.153 e. The van der Waals surface area contributed by atoms with Crippen LogP contribution in [0.1, 0.15) is 25.7 Å². The molecule has 0 aromatic heterocycles. The van der Waals surface area contributed by atoms with Crippen LogP contribution < -0.4 is 0 Å². The van der Waals surface area contributed by atoms with Gasteiger partial charge in [-0.1, -0.05) is 25.9 Å². The Balaban J connectivity index is 2.08. The lowest BCUT2D eigenvalue weighted by Gasteiger charge is -2.29. The van der Waals surface area contributed by atoms with Crippen molar-refractivity contribution in [1.82, 2.24) is 0 Å². The summed E-state index contributed by atoms with van der Waals surface area (Å²) in [4.78, 5) is 0. The number of halogens is 1. The van der Waals surface area contributed by atoms with Crippen molar-refractivity contribution in [2.24, 2.45) is 11.8 Å². The third kappa shape index (κ3) is 1.38. The van der Waals surface area contributed by atoms with Crippen LogP contribution in [0, 0.1) is 11.8 Å². The van der Waals surface area contributed by atoms with Crippen LogP contribution in [0.25, 0.3) is 0 Å². The molecule has 2 rings (SSSR count). The van der Waals surface area contributed by atoms with Crippen molar-refractivity contribution >= 4 is 18.5 Å². The van der Waals surface area contributed by atoms with Crippen LogP contribution >= 0.6 is 11.1 Å². The summed E-state index contributed by atoms with van der Waals surface area (Å²) in [6.45, 7) is 4.64. The quantitative estimate of drug-likeness (QED) is 0.436. The Morgan fingerprint density at radius 2 is 1.91 bits per heavy atom. The van der Waals surface area contributed by atoms with E-state index >= 15 is 0 Å². The zero-order chi connectivity index (χ0) is 8.06. The molecule has 0 unspecified atom stereocenters. The van der Waals surface area contributed by atoms with Gasteiger partial charge in [0.15, 0.2) is 7.38 Å². The van der Waals surface area contributed by atoms with E-state index in [4.69, 9.17) is 11.1 Å². The molecule has 0 aliphatic heterocycles. The first-order valence-corrected chi connectivity index (χ1v) is 8.85. The molecular formula is C9H17ClSi. The van der Waals surface area contributed by atoms with E-state index in [-0.39, 0.29) is 0 Å². The maximum Gasteiger partial charge on any atom is 0.153 e. The van der Waals surface area contributed by atoms with E-state index in [1.54, 1.807) is 0 Å². The van der Waals surface area contributed by atoms with Gasteiger partial charge in [-0.05, 0) is 30.2 Å². The molecule has 0 aromatic carbocycles. The molecule has 0 N–H and O–H groups in total. The fourth-order valence-electron chi connectivity index (χ4n) is 3.09. The van der Waals surface area contributed by atoms with Gasteiger partial charge in [-0.3, -0.25) is 0 Å². The van der Waals surface area contributed by atoms with Gasteiger partial charge < -0.3 is 0 Å². The maximum atomic E-state index is 6.47. The Hall–Kier alpha value is 0.507. The van der Waals surface area contributed by atoms with Crippen molar-refractivity contribution in [2.75, 3.05) is 0 Å². The van der Waals surface area contributed by atoms with Crippen molar-refractivity contribution in [3.05, 3.63) is 0 Å². The Bertz CT molecular complexity index is 161. The molecule has 0 heterocycles. The van der Waals surface area contributed by atoms with Gasteiger partial charge in [0.05, 0.1) is 0 Å². The van der Waals surface area contributed by atoms with E-state index in [0.717, 1.165) is 17.4 Å². The first kappa shape index (κ1) is 8.12. The molecule has 11 heavy (non-hydrogen) atoms. The lowest BCUT2D eigenvalue weighted by Crippen LogP contribution is -2.29. The highest BCUT2D eigenvalue weighted by Crippen LogP contribution is 2.56. The molecule has 2 saturated carbocycles. The van der Waals surface area contributed by atoms with Gasteiger partial charge >= 0.3 is 0 Å². The summed E-state index contributed by atoms with van der Waals surface area (Å²) < 4.78 is 0. The second kappa shape index (κ2) is 2.50. The van der Waals surface area contributed by atoms with E-state index in [9.17, 15) is 0 Å². The van der Waals surface area contributed by atoms with Gasteiger partial charge in [0.2, 0.25) is 0 Å². The molecule has 0 radical (unpaired) electrons. The lowest BCUT2D eigenvalue weighted by molar-refractivity contribution is 0.472. The molecule has 0 saturated heterocycles. The third-order valence-corrected chi connectivity index (χ3v) is 6.93. The SMILES string of the molecule is C[Si](C)(Cl)[C@@H]1C[C@H]2CC[C@H]1C2. The molecule has 64 valence electrons. The predicted molar refractivity (Wildman–Crippen MR) is 52.5 cm³/mol. The van der Waals surface area contributed by atoms with Gasteiger partial charge in [-0.25, -0.2) is 0 Å². The van der Waals surface area contributed by atoms with Crippen LogP contribution in [0.15, 0.2) is 0 Å². The largest absolute Gasteiger partial charge is 0.167 e. The summed E-state index contributed by atoms with van der Waals surface area (Å²) in [6.07, 6.45) is 5.96. The lowest BCUT2D eigenvalue weighted by atomic mass is 10.0. The zero-order valence-corrected chi connectivity index (χ0v) is 9.19. The van der Waals surface area contributed by atoms with E-state index in [0.29, 0.717) is 0 Å². The maximum absolute atomic E-state index is 6.47. The Morgan fingerprint density at radius 3 is 2.18 bits per heavy atom. The molecule has 2 bridgehead atoms. The van der Waals surface area contributed by atoms with Crippen molar-refractivity contribution in [3.63, 3.8) is 0 Å². The van der Waals surface area contributed by atoms with Crippen molar-refractivity contribution in [1.29, 1.82) is 0 Å². The Labute approximate surface area is 75.0 Å². The average Bonchev–Trinajstić information content (AvgIpc) is 2.42. The minimum atomic E-state index is -1.31. The molecule has 0 amide bonds. The third-order valence-electron chi connectivity index (χ3n) is 3.62. The summed E-state index contributed by atoms with van der Waals surface area (Å²) in [7, 11) is -1.31. The van der Waals surface area contributed by atoms with Gasteiger partial charge in [0.25, 0.3) is 0 Å². The number of hydrogen-bond acceptors (Lipinski definition) is 0. The Kier molecular flexibility index (Phi) is 1.84. The number of rotatable bonds is 1. The highest BCUT2D eigenvalue weighted by atomic mass is 35.6. The van der Waals surface area contributed by atoms with Crippen molar-refractivity contribution < 1.29 is 0 Å². The van der Waals surface area contributed by atoms with Crippen molar-refractivity contribution in [2.45, 2.75) is 44.3 Å². The van der Waals surface area contributed by atoms with E-state index in [1.165, 1.54) is 25.7 Å². The highest BCUT2D eigenvalue weighted by molar-refractivity contribution is 7.19. The van der Waals surface area contributed by atoms with Crippen LogP contribution in [-0.2, 0) is 0 Å². The highest BCUT2D eigenvalue weighted by Gasteiger charge is 2.46. The van der Waals surface area contributed by atoms with Crippen LogP contribution in [0.2, 0.25) is 18.6 Å². The minimum absolute atomic E-state index is 0.947. The normalized spacial score (nSPS) is 43.4. The van der Waals surface area contributed by atoms with Crippen LogP contribution in [0.3, 0.4) is 0 Å². The summed E-state index contributed by atoms with van der Waals surface area (Å²) in [5.74, 6) is 2.09. The van der Waals surface area contributed by atoms with Crippen molar-refractivity contribution in [3.8, 4) is 0 Å². The Morgan fingerprint density at radius 1 is 1.18 bits per heavy atom. The van der Waals surface area contributed by atoms with Gasteiger partial charge in [-0.15, -0.1) is 0 Å². The first-order valence-electron chi connectivity index (χ1n) is 4.76. The summed E-state index contributed by atoms with van der Waals surface area (Å²) in [6, 6.07) is 0. The molecule has 2 aliphatic rings. The van der Waals surface area contributed by atoms with Gasteiger partial charge in [0.1, 0.15) is 0 Å². The molecule has 2 aliphatic carbocycles. The average molecular weight is 189 g/mol. The summed E-state index contributed by atoms with van der Waals surface area (Å²) in [5, 5.41) is 0. The van der Waals surface area contributed by atoms with Crippen LogP contribution in [0.4, 0.5) is 0 Å². The fourth-order valence-corrected chi connectivity index (χ4v) is 6.20. The topological polar surface area (TPSA) is 0 Å². The number of hydrogen-bond donors (Lipinski definition) is 0. The van der Waals surface area contributed by atoms with E-state index in [1.807, 2.05) is 0 Å². The van der Waals surface area contributed by atoms with Gasteiger partial charge in [-0.2, -0.15) is 11.1 Å². The molecule has 0 aromatic rings. The molecule has 2 heteroatoms. The zero-order valence-electron chi connectivity index (χ0n) is 7.44. The standard InChI is InChI=1S/C9H17ClSi/c1-11(2,10)9-6-7-3-4-8(9)5-7/h7-9H,3-6H2,1-2H3/t7-,8-,9+/m0/s1. The molecule has 3 atom stereocenters. The molecule has 2 fully saturated rings. The molecular weight excluding hydrogens is 172 g/mol. The van der Waals surface area contributed by atoms with E-state index < -0.39 is 7.38 Å².